The third-order valence-electron chi connectivity index (χ3n) is 0.995. The molecule has 5 N–H and O–H groups in total. The van der Waals surface area contributed by atoms with Crippen molar-refractivity contribution in [3.63, 3.8) is 0 Å². The predicted octanol–water partition coefficient (Wildman–Crippen LogP) is -0.904. The summed E-state index contributed by atoms with van der Waals surface area (Å²) in [5.41, 5.74) is 0. The summed E-state index contributed by atoms with van der Waals surface area (Å²) >= 11 is 0. The van der Waals surface area contributed by atoms with E-state index in [1.54, 1.807) is 7.05 Å². The number of nitrogens with one attached hydrogen (secondary N) is 3. The van der Waals surface area contributed by atoms with Crippen LogP contribution in [0.1, 0.15) is 6.92 Å². The number of rotatable bonds is 5. The second-order valence-corrected chi connectivity index (χ2v) is 2.71. The number of aliphatic hydroxyl groups excluding tert-OH is 2. The number of esters is 1. The van der Waals surface area contributed by atoms with Gasteiger partial charge in [-0.15, -0.1) is 0 Å². The first-order chi connectivity index (χ1) is 9.41. The Morgan fingerprint density at radius 3 is 2.00 bits per heavy atom. The normalized spacial score (nSPS) is 8.40. The van der Waals surface area contributed by atoms with Crippen molar-refractivity contribution in [3.05, 3.63) is 12.7 Å². The zero-order valence-corrected chi connectivity index (χ0v) is 11.5. The Morgan fingerprint density at radius 2 is 1.85 bits per heavy atom. The van der Waals surface area contributed by atoms with Gasteiger partial charge in [-0.25, -0.2) is 25.2 Å². The molecule has 116 valence electrons. The zero-order chi connectivity index (χ0) is 16.8. The number of aliphatic hydroxyl groups is 2. The molecule has 0 aliphatic carbocycles. The summed E-state index contributed by atoms with van der Waals surface area (Å²) in [6.07, 6.45) is 1.96. The Hall–Kier alpha value is -2.15. The molecule has 0 spiro atoms. The molecule has 0 aliphatic rings. The van der Waals surface area contributed by atoms with Gasteiger partial charge >= 0.3 is 5.97 Å². The minimum absolute atomic E-state index is 0.0326. The molecule has 0 amide bonds. The molecular weight excluding hydrogens is 270 g/mol. The van der Waals surface area contributed by atoms with Crippen molar-refractivity contribution >= 4 is 18.1 Å². The van der Waals surface area contributed by atoms with E-state index in [1.165, 1.54) is 6.92 Å². The van der Waals surface area contributed by atoms with Crippen LogP contribution >= 0.6 is 0 Å². The molecule has 0 radical (unpaired) electrons. The standard InChI is InChI=1S/C6H10O3.C3H9NO.2CHNO/c1-3-6(8)9-4-5(2)7;1-4-2-3-5;2*2-1-3/h3,5,7H,1,4H2,2H3;4-5H,2-3H2,1H3;2*2H. The summed E-state index contributed by atoms with van der Waals surface area (Å²) < 4.78 is 4.45. The van der Waals surface area contributed by atoms with Gasteiger partial charge in [0, 0.05) is 12.6 Å². The van der Waals surface area contributed by atoms with E-state index < -0.39 is 12.1 Å². The highest BCUT2D eigenvalue weighted by molar-refractivity contribution is 5.81. The second kappa shape index (κ2) is 30.1. The van der Waals surface area contributed by atoms with E-state index in [0.717, 1.165) is 18.2 Å². The van der Waals surface area contributed by atoms with Crippen LogP contribution in [0.2, 0.25) is 0 Å². The second-order valence-electron chi connectivity index (χ2n) is 2.71. The SMILES string of the molecule is C=CC(=O)OCC(C)O.CNCCO.N=C=O.N=C=O. The van der Waals surface area contributed by atoms with Gasteiger partial charge in [-0.3, -0.25) is 0 Å². The number of isocyanates is 2. The molecule has 0 aliphatic heterocycles. The van der Waals surface area contributed by atoms with Gasteiger partial charge in [0.2, 0.25) is 12.2 Å². The van der Waals surface area contributed by atoms with Crippen molar-refractivity contribution < 1.29 is 29.3 Å². The molecule has 0 aromatic carbocycles. The molecule has 1 atom stereocenters. The maximum atomic E-state index is 10.3. The highest BCUT2D eigenvalue weighted by Crippen LogP contribution is 1.83. The Kier molecular flexibility index (Phi) is 39.8. The summed E-state index contributed by atoms with van der Waals surface area (Å²) in [6.45, 7) is 5.68. The van der Waals surface area contributed by atoms with Crippen LogP contribution < -0.4 is 5.32 Å². The summed E-state index contributed by atoms with van der Waals surface area (Å²) in [5.74, 6) is -0.504. The van der Waals surface area contributed by atoms with Gasteiger partial charge < -0.3 is 20.3 Å². The Labute approximate surface area is 117 Å². The smallest absolute Gasteiger partial charge is 0.330 e. The van der Waals surface area contributed by atoms with Crippen LogP contribution in [-0.4, -0.2) is 61.3 Å². The van der Waals surface area contributed by atoms with Crippen LogP contribution in [0.4, 0.5) is 0 Å². The molecule has 20 heavy (non-hydrogen) atoms. The molecule has 0 saturated carbocycles. The number of likely N-dealkylation sites (N-methyl/N-ethyl adjacent to an activating group) is 1. The van der Waals surface area contributed by atoms with E-state index in [-0.39, 0.29) is 13.2 Å². The van der Waals surface area contributed by atoms with Crippen molar-refractivity contribution in [1.82, 2.24) is 5.32 Å². The fourth-order valence-electron chi connectivity index (χ4n) is 0.373. The molecule has 0 fully saturated rings. The lowest BCUT2D eigenvalue weighted by molar-refractivity contribution is -0.140. The van der Waals surface area contributed by atoms with Crippen molar-refractivity contribution in [2.24, 2.45) is 0 Å². The molecule has 0 rings (SSSR count). The van der Waals surface area contributed by atoms with Crippen LogP contribution in [0.5, 0.6) is 0 Å². The number of hydrogen-bond donors (Lipinski definition) is 5. The number of carbonyl (C=O) groups excluding carboxylic acids is 3. The molecule has 0 aromatic heterocycles. The van der Waals surface area contributed by atoms with Gasteiger partial charge in [0.15, 0.2) is 0 Å². The van der Waals surface area contributed by atoms with Crippen molar-refractivity contribution in [2.75, 3.05) is 26.8 Å². The first-order valence-corrected chi connectivity index (χ1v) is 5.22. The molecular formula is C11H21N3O6. The van der Waals surface area contributed by atoms with E-state index in [9.17, 15) is 4.79 Å². The van der Waals surface area contributed by atoms with E-state index in [1.807, 2.05) is 0 Å². The fraction of sp³-hybridized carbons (Fsp3) is 0.545. The average molecular weight is 291 g/mol. The molecule has 0 bridgehead atoms. The van der Waals surface area contributed by atoms with E-state index in [4.69, 9.17) is 30.6 Å². The molecule has 0 saturated heterocycles. The van der Waals surface area contributed by atoms with Gasteiger partial charge in [0.25, 0.3) is 0 Å². The number of carbonyl (C=O) groups is 1. The molecule has 9 heteroatoms. The van der Waals surface area contributed by atoms with Crippen LogP contribution in [0, 0.1) is 10.8 Å². The van der Waals surface area contributed by atoms with Crippen LogP contribution in [0.25, 0.3) is 0 Å². The predicted molar refractivity (Wildman–Crippen MR) is 70.7 cm³/mol. The van der Waals surface area contributed by atoms with Crippen molar-refractivity contribution in [1.29, 1.82) is 10.8 Å². The largest absolute Gasteiger partial charge is 0.460 e. The van der Waals surface area contributed by atoms with E-state index in [2.05, 4.69) is 16.6 Å². The highest BCUT2D eigenvalue weighted by atomic mass is 16.5. The zero-order valence-electron chi connectivity index (χ0n) is 11.5. The van der Waals surface area contributed by atoms with E-state index >= 15 is 0 Å². The van der Waals surface area contributed by atoms with Crippen molar-refractivity contribution in [3.8, 4) is 0 Å². The van der Waals surface area contributed by atoms with Gasteiger partial charge in [0.05, 0.1) is 12.7 Å². The summed E-state index contributed by atoms with van der Waals surface area (Å²) in [6, 6.07) is 0. The maximum absolute atomic E-state index is 10.3. The fourth-order valence-corrected chi connectivity index (χ4v) is 0.373. The monoisotopic (exact) mass is 291 g/mol. The quantitative estimate of drug-likeness (QED) is 0.190. The Balaban J connectivity index is -0.0000000983. The average Bonchev–Trinajstić information content (AvgIpc) is 2.39. The van der Waals surface area contributed by atoms with Gasteiger partial charge in [-0.1, -0.05) is 6.58 Å². The topological polar surface area (TPSA) is 161 Å². The summed E-state index contributed by atoms with van der Waals surface area (Å²) in [5, 5.41) is 30.2. The lowest BCUT2D eigenvalue weighted by Gasteiger charge is -2.02. The first-order valence-electron chi connectivity index (χ1n) is 5.22. The number of ether oxygens (including phenoxy) is 1. The molecule has 9 nitrogen and oxygen atoms in total. The molecule has 1 unspecified atom stereocenters. The molecule has 0 heterocycles. The third-order valence-corrected chi connectivity index (χ3v) is 0.995. The van der Waals surface area contributed by atoms with Gasteiger partial charge in [-0.2, -0.15) is 0 Å². The molecule has 0 aromatic rings. The van der Waals surface area contributed by atoms with Gasteiger partial charge in [-0.05, 0) is 14.0 Å². The van der Waals surface area contributed by atoms with Gasteiger partial charge in [0.1, 0.15) is 6.61 Å². The minimum Gasteiger partial charge on any atom is -0.460 e. The Morgan fingerprint density at radius 1 is 1.45 bits per heavy atom. The van der Waals surface area contributed by atoms with Crippen LogP contribution in [0.15, 0.2) is 12.7 Å². The summed E-state index contributed by atoms with van der Waals surface area (Å²) in [7, 11) is 1.80. The van der Waals surface area contributed by atoms with Crippen LogP contribution in [0.3, 0.4) is 0 Å². The maximum Gasteiger partial charge on any atom is 0.330 e. The Bertz CT molecular complexity index is 268. The lowest BCUT2D eigenvalue weighted by atomic mass is 10.4. The van der Waals surface area contributed by atoms with Crippen LogP contribution in [-0.2, 0) is 19.1 Å². The van der Waals surface area contributed by atoms with Crippen molar-refractivity contribution in [2.45, 2.75) is 13.0 Å². The minimum atomic E-state index is -0.603. The summed E-state index contributed by atoms with van der Waals surface area (Å²) in [4.78, 5) is 27.0. The third kappa shape index (κ3) is 74.5. The lowest BCUT2D eigenvalue weighted by Crippen LogP contribution is -2.13. The number of hydrogen-bond acceptors (Lipinski definition) is 9. The first kappa shape index (κ1) is 26.4. The highest BCUT2D eigenvalue weighted by Gasteiger charge is 1.98. The van der Waals surface area contributed by atoms with E-state index in [0.29, 0.717) is 6.54 Å².